The predicted octanol–water partition coefficient (Wildman–Crippen LogP) is 3.47. The van der Waals surface area contributed by atoms with E-state index in [9.17, 15) is 9.59 Å². The lowest BCUT2D eigenvalue weighted by Crippen LogP contribution is -2.29. The number of benzene rings is 2. The Morgan fingerprint density at radius 2 is 1.56 bits per heavy atom. The van der Waals surface area contributed by atoms with E-state index in [0.717, 1.165) is 34.3 Å². The van der Waals surface area contributed by atoms with Gasteiger partial charge in [0.25, 0.3) is 0 Å². The number of aryl methyl sites for hydroxylation is 3. The smallest absolute Gasteiger partial charge is 0.324 e. The second kappa shape index (κ2) is 6.97. The van der Waals surface area contributed by atoms with Crippen LogP contribution in [0.5, 0.6) is 0 Å². The minimum Gasteiger partial charge on any atom is -0.324 e. The maximum absolute atomic E-state index is 12.7. The lowest BCUT2D eigenvalue weighted by atomic mass is 10.1. The average molecular weight is 337 g/mol. The number of aromatic nitrogens is 2. The number of nitrogens with zero attached hydrogens (tertiary/aromatic N) is 2. The summed E-state index contributed by atoms with van der Waals surface area (Å²) < 4.78 is 3.29. The van der Waals surface area contributed by atoms with Gasteiger partial charge in [-0.2, -0.15) is 0 Å². The SMILES string of the molecule is CCCn1c(=O)n(CC(=O)Nc2c(C)cccc2C)c2ccccc21. The van der Waals surface area contributed by atoms with Crippen molar-refractivity contribution in [3.8, 4) is 0 Å². The normalized spacial score (nSPS) is 11.0. The van der Waals surface area contributed by atoms with E-state index in [1.165, 1.54) is 0 Å². The van der Waals surface area contributed by atoms with E-state index in [4.69, 9.17) is 0 Å². The highest BCUT2D eigenvalue weighted by Crippen LogP contribution is 2.20. The summed E-state index contributed by atoms with van der Waals surface area (Å²) in [4.78, 5) is 25.3. The van der Waals surface area contributed by atoms with Gasteiger partial charge < -0.3 is 5.32 Å². The average Bonchev–Trinajstić information content (AvgIpc) is 2.85. The number of para-hydroxylation sites is 3. The first-order valence-electron chi connectivity index (χ1n) is 8.57. The fourth-order valence-electron chi connectivity index (χ4n) is 3.20. The summed E-state index contributed by atoms with van der Waals surface area (Å²) >= 11 is 0. The molecule has 3 rings (SSSR count). The van der Waals surface area contributed by atoms with Crippen LogP contribution in [0.1, 0.15) is 24.5 Å². The molecule has 5 nitrogen and oxygen atoms in total. The van der Waals surface area contributed by atoms with E-state index in [2.05, 4.69) is 5.32 Å². The van der Waals surface area contributed by atoms with Gasteiger partial charge in [0.05, 0.1) is 11.0 Å². The first-order valence-corrected chi connectivity index (χ1v) is 8.57. The predicted molar refractivity (Wildman–Crippen MR) is 101 cm³/mol. The molecule has 0 atom stereocenters. The lowest BCUT2D eigenvalue weighted by Gasteiger charge is -2.11. The van der Waals surface area contributed by atoms with E-state index in [1.54, 1.807) is 9.13 Å². The standard InChI is InChI=1S/C20H23N3O2/c1-4-12-22-16-10-5-6-11-17(16)23(20(22)25)13-18(24)21-19-14(2)8-7-9-15(19)3/h5-11H,4,12-13H2,1-3H3,(H,21,24). The molecule has 0 fully saturated rings. The number of nitrogens with one attached hydrogen (secondary N) is 1. The molecular formula is C20H23N3O2. The van der Waals surface area contributed by atoms with Crippen LogP contribution in [0.15, 0.2) is 47.3 Å². The minimum atomic E-state index is -0.195. The van der Waals surface area contributed by atoms with Gasteiger partial charge in [-0.3, -0.25) is 13.9 Å². The van der Waals surface area contributed by atoms with Crippen LogP contribution in [0.3, 0.4) is 0 Å². The van der Waals surface area contributed by atoms with E-state index in [0.29, 0.717) is 6.54 Å². The van der Waals surface area contributed by atoms with Crippen LogP contribution in [0.2, 0.25) is 0 Å². The number of hydrogen-bond donors (Lipinski definition) is 1. The quantitative estimate of drug-likeness (QED) is 0.775. The van der Waals surface area contributed by atoms with Crippen LogP contribution in [0, 0.1) is 13.8 Å². The van der Waals surface area contributed by atoms with Crippen molar-refractivity contribution in [3.05, 3.63) is 64.1 Å². The fraction of sp³-hybridized carbons (Fsp3) is 0.300. The number of imidazole rings is 1. The Morgan fingerprint density at radius 3 is 2.16 bits per heavy atom. The van der Waals surface area contributed by atoms with Gasteiger partial charge in [0, 0.05) is 12.2 Å². The lowest BCUT2D eigenvalue weighted by molar-refractivity contribution is -0.116. The molecule has 2 aromatic carbocycles. The zero-order valence-electron chi connectivity index (χ0n) is 14.9. The maximum atomic E-state index is 12.7. The number of carbonyl (C=O) groups is 1. The second-order valence-electron chi connectivity index (χ2n) is 6.32. The number of fused-ring (bicyclic) bond motifs is 1. The number of carbonyl (C=O) groups excluding carboxylic acids is 1. The highest BCUT2D eigenvalue weighted by atomic mass is 16.2. The molecule has 130 valence electrons. The highest BCUT2D eigenvalue weighted by Gasteiger charge is 2.15. The molecule has 0 bridgehead atoms. The van der Waals surface area contributed by atoms with Crippen LogP contribution in [0.4, 0.5) is 5.69 Å². The fourth-order valence-corrected chi connectivity index (χ4v) is 3.20. The molecule has 0 aliphatic heterocycles. The number of rotatable bonds is 5. The summed E-state index contributed by atoms with van der Waals surface area (Å²) in [6, 6.07) is 13.5. The van der Waals surface area contributed by atoms with E-state index in [-0.39, 0.29) is 18.1 Å². The van der Waals surface area contributed by atoms with Gasteiger partial charge in [0.2, 0.25) is 5.91 Å². The van der Waals surface area contributed by atoms with Crippen LogP contribution >= 0.6 is 0 Å². The van der Waals surface area contributed by atoms with Gasteiger partial charge in [-0.15, -0.1) is 0 Å². The molecule has 0 aliphatic rings. The Morgan fingerprint density at radius 1 is 0.960 bits per heavy atom. The number of amides is 1. The first-order chi connectivity index (χ1) is 12.0. The van der Waals surface area contributed by atoms with Crippen molar-refractivity contribution >= 4 is 22.6 Å². The molecule has 0 unspecified atom stereocenters. The summed E-state index contributed by atoms with van der Waals surface area (Å²) in [6.45, 7) is 6.60. The highest BCUT2D eigenvalue weighted by molar-refractivity contribution is 5.93. The summed E-state index contributed by atoms with van der Waals surface area (Å²) in [5, 5.41) is 2.95. The monoisotopic (exact) mass is 337 g/mol. The second-order valence-corrected chi connectivity index (χ2v) is 6.32. The first kappa shape index (κ1) is 17.0. The van der Waals surface area contributed by atoms with Crippen molar-refractivity contribution in [3.63, 3.8) is 0 Å². The molecule has 1 amide bonds. The molecule has 0 radical (unpaired) electrons. The topological polar surface area (TPSA) is 56.0 Å². The Hall–Kier alpha value is -2.82. The van der Waals surface area contributed by atoms with Crippen molar-refractivity contribution < 1.29 is 4.79 Å². The summed E-state index contributed by atoms with van der Waals surface area (Å²) in [7, 11) is 0. The third-order valence-corrected chi connectivity index (χ3v) is 4.42. The number of hydrogen-bond acceptors (Lipinski definition) is 2. The largest absolute Gasteiger partial charge is 0.329 e. The van der Waals surface area contributed by atoms with E-state index in [1.807, 2.05) is 63.2 Å². The number of anilines is 1. The van der Waals surface area contributed by atoms with Gasteiger partial charge in [0.15, 0.2) is 0 Å². The molecule has 1 aromatic heterocycles. The van der Waals surface area contributed by atoms with Gasteiger partial charge >= 0.3 is 5.69 Å². The van der Waals surface area contributed by atoms with Crippen LogP contribution in [-0.2, 0) is 17.9 Å². The Balaban J connectivity index is 1.94. The van der Waals surface area contributed by atoms with Crippen LogP contribution in [-0.4, -0.2) is 15.0 Å². The van der Waals surface area contributed by atoms with Gasteiger partial charge in [-0.1, -0.05) is 37.3 Å². The van der Waals surface area contributed by atoms with Crippen molar-refractivity contribution in [2.45, 2.75) is 40.3 Å². The maximum Gasteiger partial charge on any atom is 0.329 e. The third kappa shape index (κ3) is 3.22. The zero-order chi connectivity index (χ0) is 18.0. The molecule has 5 heteroatoms. The molecule has 0 aliphatic carbocycles. The van der Waals surface area contributed by atoms with Gasteiger partial charge in [0.1, 0.15) is 6.54 Å². The van der Waals surface area contributed by atoms with Crippen LogP contribution in [0.25, 0.3) is 11.0 Å². The molecular weight excluding hydrogens is 314 g/mol. The van der Waals surface area contributed by atoms with E-state index >= 15 is 0 Å². The molecule has 0 saturated heterocycles. The van der Waals surface area contributed by atoms with Gasteiger partial charge in [-0.05, 0) is 43.5 Å². The summed E-state index contributed by atoms with van der Waals surface area (Å²) in [5.41, 5.74) is 4.35. The van der Waals surface area contributed by atoms with Crippen LogP contribution < -0.4 is 11.0 Å². The molecule has 0 saturated carbocycles. The van der Waals surface area contributed by atoms with Crippen molar-refractivity contribution in [1.29, 1.82) is 0 Å². The summed E-state index contributed by atoms with van der Waals surface area (Å²) in [6.07, 6.45) is 0.864. The summed E-state index contributed by atoms with van der Waals surface area (Å²) in [5.74, 6) is -0.195. The molecule has 25 heavy (non-hydrogen) atoms. The van der Waals surface area contributed by atoms with Crippen molar-refractivity contribution in [2.24, 2.45) is 0 Å². The van der Waals surface area contributed by atoms with Gasteiger partial charge in [-0.25, -0.2) is 4.79 Å². The Kier molecular flexibility index (Phi) is 4.74. The Labute approximate surface area is 146 Å². The molecule has 1 N–H and O–H groups in total. The molecule has 1 heterocycles. The third-order valence-electron chi connectivity index (χ3n) is 4.42. The zero-order valence-corrected chi connectivity index (χ0v) is 14.9. The minimum absolute atomic E-state index is 0.00380. The Bertz CT molecular complexity index is 962. The van der Waals surface area contributed by atoms with E-state index < -0.39 is 0 Å². The molecule has 0 spiro atoms. The van der Waals surface area contributed by atoms with Crippen molar-refractivity contribution in [2.75, 3.05) is 5.32 Å². The van der Waals surface area contributed by atoms with Crippen molar-refractivity contribution in [1.82, 2.24) is 9.13 Å². The molecule has 3 aromatic rings.